The first-order chi connectivity index (χ1) is 18.9. The number of benzene rings is 1. The molecule has 0 fully saturated rings. The fourth-order valence-electron chi connectivity index (χ4n) is 3.88. The van der Waals surface area contributed by atoms with E-state index in [4.69, 9.17) is 28.6 Å². The number of aliphatic hydroxyl groups is 1. The van der Waals surface area contributed by atoms with Gasteiger partial charge in [-0.1, -0.05) is 38.4 Å². The highest BCUT2D eigenvalue weighted by molar-refractivity contribution is 7.80. The first-order valence-corrected chi connectivity index (χ1v) is 13.5. The summed E-state index contributed by atoms with van der Waals surface area (Å²) in [7, 11) is 0. The van der Waals surface area contributed by atoms with Crippen LogP contribution in [0.1, 0.15) is 59.6 Å². The lowest BCUT2D eigenvalue weighted by molar-refractivity contribution is -0.0574. The largest absolute Gasteiger partial charge is 0.443 e. The van der Waals surface area contributed by atoms with Gasteiger partial charge in [-0.25, -0.2) is 33.7 Å². The lowest BCUT2D eigenvalue weighted by atomic mass is 9.86. The number of nitrogens with one attached hydrogen (secondary N) is 2. The summed E-state index contributed by atoms with van der Waals surface area (Å²) in [6, 6.07) is 3.30. The van der Waals surface area contributed by atoms with Gasteiger partial charge in [0, 0.05) is 17.8 Å². The molecule has 0 aliphatic carbocycles. The number of hydrogen-bond donors (Lipinski definition) is 3. The highest BCUT2D eigenvalue weighted by atomic mass is 35.5. The number of amides is 1. The third kappa shape index (κ3) is 8.08. The molecule has 0 saturated heterocycles. The summed E-state index contributed by atoms with van der Waals surface area (Å²) >= 11 is 12.1. The van der Waals surface area contributed by atoms with Gasteiger partial charge in [-0.05, 0) is 63.0 Å². The Labute approximate surface area is 248 Å². The molecule has 0 bridgehead atoms. The molecule has 0 unspecified atom stereocenters. The second-order valence-corrected chi connectivity index (χ2v) is 12.3. The average Bonchev–Trinajstić information content (AvgIpc) is 3.34. The van der Waals surface area contributed by atoms with Gasteiger partial charge in [0.05, 0.1) is 17.6 Å². The Morgan fingerprint density at radius 2 is 1.90 bits per heavy atom. The van der Waals surface area contributed by atoms with Crippen LogP contribution in [0, 0.1) is 11.6 Å². The maximum Gasteiger partial charge on any atom is 0.426 e. The molecule has 1 aromatic carbocycles. The maximum atomic E-state index is 15.2. The summed E-state index contributed by atoms with van der Waals surface area (Å²) in [5.41, 5.74) is -0.105. The van der Waals surface area contributed by atoms with E-state index in [2.05, 4.69) is 25.8 Å². The summed E-state index contributed by atoms with van der Waals surface area (Å²) in [4.78, 5) is 21.2. The van der Waals surface area contributed by atoms with E-state index in [1.54, 1.807) is 33.0 Å². The Morgan fingerprint density at radius 1 is 1.22 bits per heavy atom. The molecule has 3 N–H and O–H groups in total. The van der Waals surface area contributed by atoms with E-state index >= 15 is 4.39 Å². The van der Waals surface area contributed by atoms with E-state index in [-0.39, 0.29) is 33.5 Å². The van der Waals surface area contributed by atoms with Gasteiger partial charge in [0.1, 0.15) is 35.5 Å². The second-order valence-electron chi connectivity index (χ2n) is 11.5. The van der Waals surface area contributed by atoms with Crippen molar-refractivity contribution in [2.75, 3.05) is 5.32 Å². The van der Waals surface area contributed by atoms with E-state index in [0.717, 1.165) is 22.7 Å². The van der Waals surface area contributed by atoms with Crippen LogP contribution in [0.2, 0.25) is 5.02 Å². The number of hydrazine groups is 1. The van der Waals surface area contributed by atoms with Crippen LogP contribution in [-0.4, -0.2) is 52.7 Å². The van der Waals surface area contributed by atoms with Crippen LogP contribution in [0.15, 0.2) is 43.1 Å². The molecule has 0 spiro atoms. The van der Waals surface area contributed by atoms with Crippen molar-refractivity contribution >= 4 is 40.8 Å². The smallest absolute Gasteiger partial charge is 0.426 e. The molecule has 2 atom stereocenters. The van der Waals surface area contributed by atoms with Crippen molar-refractivity contribution in [3.8, 4) is 0 Å². The summed E-state index contributed by atoms with van der Waals surface area (Å²) in [6.07, 6.45) is 3.30. The standard InChI is InChI=1S/C27H34ClF2N7O3S/c1-16(27(39,13-36-15-31-14-33-36)19-9-8-18(29)11-21(19)30)37(35-24(38)40-26(5,6)7)23(41)34-22-20(28)10-17(12-32-22)25(2,3)4/h8-12,14-16,39H,13H2,1-7H3,(H,35,38)(H,32,34,41)/t16-,27-/m1/s1. The normalized spacial score (nSPS) is 14.1. The number of carbonyl (C=O) groups is 1. The summed E-state index contributed by atoms with van der Waals surface area (Å²) in [5.74, 6) is -1.67. The predicted octanol–water partition coefficient (Wildman–Crippen LogP) is 5.32. The Hall–Kier alpha value is -3.42. The molecule has 2 heterocycles. The number of thiocarbonyl (C=S) groups is 1. The van der Waals surface area contributed by atoms with Gasteiger partial charge in [-0.2, -0.15) is 5.10 Å². The predicted molar refractivity (Wildman–Crippen MR) is 155 cm³/mol. The summed E-state index contributed by atoms with van der Waals surface area (Å²) in [6.45, 7) is 12.2. The van der Waals surface area contributed by atoms with E-state index in [1.165, 1.54) is 24.3 Å². The summed E-state index contributed by atoms with van der Waals surface area (Å²) < 4.78 is 35.7. The molecule has 3 aromatic rings. The molecular formula is C27H34ClF2N7O3S. The third-order valence-electron chi connectivity index (χ3n) is 6.11. The quantitative estimate of drug-likeness (QED) is 0.252. The van der Waals surface area contributed by atoms with Crippen molar-refractivity contribution in [1.82, 2.24) is 30.2 Å². The lowest BCUT2D eigenvalue weighted by Gasteiger charge is -2.42. The Morgan fingerprint density at radius 3 is 2.44 bits per heavy atom. The summed E-state index contributed by atoms with van der Waals surface area (Å²) in [5, 5.41) is 20.2. The fourth-order valence-corrected chi connectivity index (χ4v) is 4.40. The molecule has 3 rings (SSSR count). The van der Waals surface area contributed by atoms with Gasteiger partial charge >= 0.3 is 6.09 Å². The SMILES string of the molecule is C[C@@H](N(NC(=O)OC(C)(C)C)C(=S)Nc1ncc(C(C)(C)C)cc1Cl)[C@](O)(Cn1cncn1)c1ccc(F)cc1F. The molecule has 0 saturated carbocycles. The van der Waals surface area contributed by atoms with Gasteiger partial charge in [0.25, 0.3) is 0 Å². The van der Waals surface area contributed by atoms with E-state index in [9.17, 15) is 14.3 Å². The molecule has 0 aliphatic heterocycles. The van der Waals surface area contributed by atoms with Gasteiger partial charge in [0.2, 0.25) is 0 Å². The molecule has 1 amide bonds. The van der Waals surface area contributed by atoms with Crippen LogP contribution in [0.25, 0.3) is 0 Å². The number of ether oxygens (including phenoxy) is 1. The maximum absolute atomic E-state index is 15.2. The van der Waals surface area contributed by atoms with Crippen LogP contribution in [0.4, 0.5) is 19.4 Å². The van der Waals surface area contributed by atoms with Crippen LogP contribution < -0.4 is 10.7 Å². The van der Waals surface area contributed by atoms with Gasteiger partial charge in [-0.3, -0.25) is 5.01 Å². The van der Waals surface area contributed by atoms with Crippen molar-refractivity contribution in [3.63, 3.8) is 0 Å². The van der Waals surface area contributed by atoms with Crippen molar-refractivity contribution in [2.24, 2.45) is 0 Å². The third-order valence-corrected chi connectivity index (χ3v) is 6.69. The monoisotopic (exact) mass is 609 g/mol. The van der Waals surface area contributed by atoms with Crippen LogP contribution in [0.5, 0.6) is 0 Å². The molecule has 0 radical (unpaired) electrons. The van der Waals surface area contributed by atoms with Gasteiger partial charge in [0.15, 0.2) is 10.9 Å². The van der Waals surface area contributed by atoms with E-state index in [1.807, 2.05) is 20.8 Å². The minimum Gasteiger partial charge on any atom is -0.443 e. The number of carbonyl (C=O) groups excluding carboxylic acids is 1. The van der Waals surface area contributed by atoms with E-state index < -0.39 is 35.0 Å². The number of nitrogens with zero attached hydrogens (tertiary/aromatic N) is 5. The highest BCUT2D eigenvalue weighted by Gasteiger charge is 2.44. The Kier molecular flexibility index (Phi) is 9.56. The number of hydrogen-bond acceptors (Lipinski definition) is 7. The zero-order valence-corrected chi connectivity index (χ0v) is 25.4. The zero-order valence-electron chi connectivity index (χ0n) is 23.9. The number of anilines is 1. The minimum absolute atomic E-state index is 0.152. The van der Waals surface area contributed by atoms with Crippen molar-refractivity contribution in [1.29, 1.82) is 0 Å². The highest BCUT2D eigenvalue weighted by Crippen LogP contribution is 2.33. The minimum atomic E-state index is -2.15. The molecule has 14 heteroatoms. The number of aromatic nitrogens is 4. The number of pyridine rings is 1. The van der Waals surface area contributed by atoms with Crippen molar-refractivity contribution in [2.45, 2.75) is 77.7 Å². The zero-order chi connectivity index (χ0) is 30.8. The first-order valence-electron chi connectivity index (χ1n) is 12.7. The molecule has 10 nitrogen and oxygen atoms in total. The van der Waals surface area contributed by atoms with E-state index in [0.29, 0.717) is 6.07 Å². The number of halogens is 3. The molecule has 222 valence electrons. The van der Waals surface area contributed by atoms with Crippen LogP contribution >= 0.6 is 23.8 Å². The van der Waals surface area contributed by atoms with Gasteiger partial charge < -0.3 is 15.2 Å². The average molecular weight is 610 g/mol. The Balaban J connectivity index is 2.06. The number of rotatable bonds is 6. The topological polar surface area (TPSA) is 117 Å². The lowest BCUT2D eigenvalue weighted by Crippen LogP contribution is -2.61. The second kappa shape index (κ2) is 12.2. The van der Waals surface area contributed by atoms with Crippen LogP contribution in [-0.2, 0) is 22.3 Å². The Bertz CT molecular complexity index is 1400. The molecule has 2 aromatic heterocycles. The van der Waals surface area contributed by atoms with Crippen molar-refractivity contribution in [3.05, 3.63) is 70.9 Å². The van der Waals surface area contributed by atoms with Gasteiger partial charge in [-0.15, -0.1) is 0 Å². The van der Waals surface area contributed by atoms with Crippen LogP contribution in [0.3, 0.4) is 0 Å². The molecule has 41 heavy (non-hydrogen) atoms. The van der Waals surface area contributed by atoms with Crippen molar-refractivity contribution < 1.29 is 23.4 Å². The molecule has 0 aliphatic rings. The first kappa shape index (κ1) is 32.1. The fraction of sp³-hybridized carbons (Fsp3) is 0.444. The molecular weight excluding hydrogens is 576 g/mol.